The molecule has 3 nitrogen and oxygen atoms in total. The molecule has 0 heterocycles. The number of aryl methyl sites for hydroxylation is 1. The third kappa shape index (κ3) is 7.22. The van der Waals surface area contributed by atoms with E-state index in [9.17, 15) is 13.6 Å². The van der Waals surface area contributed by atoms with Crippen molar-refractivity contribution in [2.45, 2.75) is 38.8 Å². The van der Waals surface area contributed by atoms with Crippen molar-refractivity contribution >= 4 is 21.8 Å². The first-order valence-electron chi connectivity index (χ1n) is 8.00. The van der Waals surface area contributed by atoms with E-state index in [4.69, 9.17) is 0 Å². The first-order valence-corrected chi connectivity index (χ1v) is 8.79. The summed E-state index contributed by atoms with van der Waals surface area (Å²) in [7, 11) is 0. The van der Waals surface area contributed by atoms with Crippen molar-refractivity contribution in [3.05, 3.63) is 64.1 Å². The molecule has 1 N–H and O–H groups in total. The number of ether oxygens (including phenoxy) is 1. The van der Waals surface area contributed by atoms with Crippen LogP contribution in [-0.4, -0.2) is 18.6 Å². The lowest BCUT2D eigenvalue weighted by Crippen LogP contribution is -2.34. The van der Waals surface area contributed by atoms with Gasteiger partial charge in [0.15, 0.2) is 0 Å². The number of rotatable bonds is 8. The van der Waals surface area contributed by atoms with Crippen molar-refractivity contribution in [2.24, 2.45) is 0 Å². The van der Waals surface area contributed by atoms with E-state index < -0.39 is 6.61 Å². The Morgan fingerprint density at radius 1 is 1.08 bits per heavy atom. The van der Waals surface area contributed by atoms with E-state index in [0.29, 0.717) is 12.8 Å². The Kier molecular flexibility index (Phi) is 7.37. The number of nitrogens with one attached hydrogen (secondary N) is 1. The second kappa shape index (κ2) is 9.51. The maximum Gasteiger partial charge on any atom is 0.387 e. The summed E-state index contributed by atoms with van der Waals surface area (Å²) in [6.45, 7) is -0.861. The van der Waals surface area contributed by atoms with Gasteiger partial charge in [0.2, 0.25) is 5.91 Å². The van der Waals surface area contributed by atoms with Gasteiger partial charge in [0, 0.05) is 16.9 Å². The fourth-order valence-corrected chi connectivity index (χ4v) is 2.73. The average Bonchev–Trinajstić information content (AvgIpc) is 2.56. The lowest BCUT2D eigenvalue weighted by molar-refractivity contribution is -0.121. The van der Waals surface area contributed by atoms with Gasteiger partial charge in [0.05, 0.1) is 0 Å². The topological polar surface area (TPSA) is 38.3 Å². The Labute approximate surface area is 154 Å². The van der Waals surface area contributed by atoms with E-state index in [1.165, 1.54) is 12.1 Å². The molecule has 0 saturated heterocycles. The Morgan fingerprint density at radius 2 is 1.68 bits per heavy atom. The van der Waals surface area contributed by atoms with Crippen LogP contribution in [0.5, 0.6) is 5.75 Å². The molecule has 1 atom stereocenters. The van der Waals surface area contributed by atoms with E-state index in [1.807, 2.05) is 31.2 Å². The number of halogens is 3. The van der Waals surface area contributed by atoms with Gasteiger partial charge in [-0.25, -0.2) is 0 Å². The molecule has 6 heteroatoms. The third-order valence-electron chi connectivity index (χ3n) is 3.65. The molecular formula is C19H20BrF2NO2. The highest BCUT2D eigenvalue weighted by molar-refractivity contribution is 9.10. The number of benzene rings is 2. The fraction of sp³-hybridized carbons (Fsp3) is 0.316. The van der Waals surface area contributed by atoms with Gasteiger partial charge in [-0.05, 0) is 55.2 Å². The first kappa shape index (κ1) is 19.4. The third-order valence-corrected chi connectivity index (χ3v) is 4.18. The molecule has 0 fully saturated rings. The van der Waals surface area contributed by atoms with Gasteiger partial charge in [-0.3, -0.25) is 4.79 Å². The lowest BCUT2D eigenvalue weighted by Gasteiger charge is -2.14. The van der Waals surface area contributed by atoms with Crippen LogP contribution in [0.2, 0.25) is 0 Å². The normalized spacial score (nSPS) is 12.0. The van der Waals surface area contributed by atoms with E-state index in [2.05, 4.69) is 26.0 Å². The number of carbonyl (C=O) groups is 1. The van der Waals surface area contributed by atoms with E-state index in [1.54, 1.807) is 12.1 Å². The molecule has 0 radical (unpaired) electrons. The number of carbonyl (C=O) groups excluding carboxylic acids is 1. The summed E-state index contributed by atoms with van der Waals surface area (Å²) < 4.78 is 29.5. The Morgan fingerprint density at radius 3 is 2.28 bits per heavy atom. The summed E-state index contributed by atoms with van der Waals surface area (Å²) in [6.07, 6.45) is 1.66. The number of hydrogen-bond acceptors (Lipinski definition) is 2. The quantitative estimate of drug-likeness (QED) is 0.681. The number of amides is 1. The summed E-state index contributed by atoms with van der Waals surface area (Å²) in [5.41, 5.74) is 2.06. The molecule has 134 valence electrons. The fourth-order valence-electron chi connectivity index (χ4n) is 2.47. The second-order valence-corrected chi connectivity index (χ2v) is 6.74. The zero-order valence-corrected chi connectivity index (χ0v) is 15.4. The minimum atomic E-state index is -2.83. The summed E-state index contributed by atoms with van der Waals surface area (Å²) in [5.74, 6) is 0.0869. The minimum Gasteiger partial charge on any atom is -0.435 e. The molecule has 2 rings (SSSR count). The molecular weight excluding hydrogens is 392 g/mol. The lowest BCUT2D eigenvalue weighted by atomic mass is 10.1. The molecule has 2 aromatic carbocycles. The van der Waals surface area contributed by atoms with E-state index >= 15 is 0 Å². The van der Waals surface area contributed by atoms with E-state index in [-0.39, 0.29) is 17.7 Å². The monoisotopic (exact) mass is 411 g/mol. The summed E-state index contributed by atoms with van der Waals surface area (Å²) in [6, 6.07) is 14.4. The van der Waals surface area contributed by atoms with Gasteiger partial charge in [0.1, 0.15) is 5.75 Å². The van der Waals surface area contributed by atoms with Crippen molar-refractivity contribution in [3.63, 3.8) is 0 Å². The highest BCUT2D eigenvalue weighted by atomic mass is 79.9. The summed E-state index contributed by atoms with van der Waals surface area (Å²) in [4.78, 5) is 12.0. The molecule has 1 amide bonds. The molecule has 0 aliphatic heterocycles. The summed E-state index contributed by atoms with van der Waals surface area (Å²) in [5, 5.41) is 2.98. The predicted octanol–water partition coefficient (Wildman–Crippen LogP) is 4.73. The van der Waals surface area contributed by atoms with Crippen molar-refractivity contribution < 1.29 is 18.3 Å². The zero-order chi connectivity index (χ0) is 18.2. The van der Waals surface area contributed by atoms with Gasteiger partial charge in [-0.15, -0.1) is 0 Å². The van der Waals surface area contributed by atoms with Crippen LogP contribution >= 0.6 is 15.9 Å². The molecule has 0 aliphatic carbocycles. The molecule has 0 aliphatic rings. The minimum absolute atomic E-state index is 0.0301. The number of alkyl halides is 2. The smallest absolute Gasteiger partial charge is 0.387 e. The highest BCUT2D eigenvalue weighted by Gasteiger charge is 2.09. The first-order chi connectivity index (χ1) is 11.9. The van der Waals surface area contributed by atoms with Crippen LogP contribution in [0.25, 0.3) is 0 Å². The van der Waals surface area contributed by atoms with Crippen molar-refractivity contribution in [3.8, 4) is 5.75 Å². The van der Waals surface area contributed by atoms with Crippen molar-refractivity contribution in [1.29, 1.82) is 0 Å². The molecule has 1 unspecified atom stereocenters. The van der Waals surface area contributed by atoms with Crippen LogP contribution < -0.4 is 10.1 Å². The van der Waals surface area contributed by atoms with Gasteiger partial charge >= 0.3 is 6.61 Å². The van der Waals surface area contributed by atoms with Crippen LogP contribution in [0.15, 0.2) is 53.0 Å². The van der Waals surface area contributed by atoms with Crippen molar-refractivity contribution in [2.75, 3.05) is 0 Å². The van der Waals surface area contributed by atoms with Crippen molar-refractivity contribution in [1.82, 2.24) is 5.32 Å². The van der Waals surface area contributed by atoms with Gasteiger partial charge in [0.25, 0.3) is 0 Å². The Balaban J connectivity index is 1.75. The molecule has 0 bridgehead atoms. The van der Waals surface area contributed by atoms with Crippen LogP contribution in [0, 0.1) is 0 Å². The van der Waals surface area contributed by atoms with E-state index in [0.717, 1.165) is 22.0 Å². The highest BCUT2D eigenvalue weighted by Crippen LogP contribution is 2.16. The second-order valence-electron chi connectivity index (χ2n) is 5.82. The molecule has 0 saturated carbocycles. The zero-order valence-electron chi connectivity index (χ0n) is 13.8. The van der Waals surface area contributed by atoms with Crippen LogP contribution in [-0.2, 0) is 17.6 Å². The predicted molar refractivity (Wildman–Crippen MR) is 96.8 cm³/mol. The Bertz CT molecular complexity index is 675. The van der Waals surface area contributed by atoms with Gasteiger partial charge in [-0.2, -0.15) is 8.78 Å². The molecule has 25 heavy (non-hydrogen) atoms. The van der Waals surface area contributed by atoms with Crippen LogP contribution in [0.3, 0.4) is 0 Å². The molecule has 0 aromatic heterocycles. The van der Waals surface area contributed by atoms with Crippen LogP contribution in [0.4, 0.5) is 8.78 Å². The average molecular weight is 412 g/mol. The largest absolute Gasteiger partial charge is 0.435 e. The van der Waals surface area contributed by atoms with Gasteiger partial charge in [-0.1, -0.05) is 40.2 Å². The summed E-state index contributed by atoms with van der Waals surface area (Å²) >= 11 is 3.40. The maximum absolute atomic E-state index is 12.1. The van der Waals surface area contributed by atoms with Gasteiger partial charge < -0.3 is 10.1 Å². The molecule has 2 aromatic rings. The maximum atomic E-state index is 12.1. The standard InChI is InChI=1S/C19H20BrF2NO2/c1-13(12-15-2-7-16(20)8-3-15)23-18(24)11-6-14-4-9-17(10-5-14)25-19(21)22/h2-5,7-10,13,19H,6,11-12H2,1H3,(H,23,24). The molecule has 0 spiro atoms. The SMILES string of the molecule is CC(Cc1ccc(Br)cc1)NC(=O)CCc1ccc(OC(F)F)cc1. The number of hydrogen-bond donors (Lipinski definition) is 1. The van der Waals surface area contributed by atoms with Crippen LogP contribution in [0.1, 0.15) is 24.5 Å². The Hall–Kier alpha value is -1.95.